The van der Waals surface area contributed by atoms with Crippen molar-refractivity contribution in [2.45, 2.75) is 53.6 Å². The second-order valence-electron chi connectivity index (χ2n) is 10.1. The van der Waals surface area contributed by atoms with Gasteiger partial charge in [-0.15, -0.1) is 0 Å². The molecule has 0 aliphatic rings. The number of benzene rings is 3. The standard InChI is InChI=1S/C32H34N4O7/c1-7-41-29-15-20(5)25(17-24(29)19(3)4)30-34-26-12-10-9-11-23(26)31(37)35(30)33-18-22-13-14-28(27(16-22)36(39)40)43-21(6)32(38)42-8-2/h9-19,21H,7-8H2,1-6H3/t21-/m0/s1. The molecular weight excluding hydrogens is 552 g/mol. The molecule has 1 aromatic heterocycles. The SMILES string of the molecule is CCOC(=O)[C@H](C)Oc1ccc(C=Nn2c(-c3cc(C(C)C)c(OCC)cc3C)nc3ccccc3c2=O)cc1[N+](=O)[O-]. The molecule has 0 fully saturated rings. The van der Waals surface area contributed by atoms with Crippen molar-refractivity contribution in [3.63, 3.8) is 0 Å². The summed E-state index contributed by atoms with van der Waals surface area (Å²) in [6.07, 6.45) is 0.302. The molecular formula is C32H34N4O7. The van der Waals surface area contributed by atoms with Crippen molar-refractivity contribution in [2.24, 2.45) is 5.10 Å². The lowest BCUT2D eigenvalue weighted by Gasteiger charge is -2.18. The Labute approximate surface area is 248 Å². The first-order valence-corrected chi connectivity index (χ1v) is 14.0. The van der Waals surface area contributed by atoms with Gasteiger partial charge >= 0.3 is 11.7 Å². The fraction of sp³-hybridized carbons (Fsp3) is 0.312. The second-order valence-corrected chi connectivity index (χ2v) is 10.1. The van der Waals surface area contributed by atoms with E-state index >= 15 is 0 Å². The van der Waals surface area contributed by atoms with Crippen LogP contribution in [0.25, 0.3) is 22.3 Å². The average molecular weight is 587 g/mol. The van der Waals surface area contributed by atoms with Gasteiger partial charge in [0, 0.05) is 17.2 Å². The van der Waals surface area contributed by atoms with Gasteiger partial charge < -0.3 is 14.2 Å². The number of rotatable bonds is 11. The Morgan fingerprint density at radius 3 is 2.49 bits per heavy atom. The lowest BCUT2D eigenvalue weighted by molar-refractivity contribution is -0.386. The fourth-order valence-corrected chi connectivity index (χ4v) is 4.56. The maximum Gasteiger partial charge on any atom is 0.347 e. The van der Waals surface area contributed by atoms with Crippen LogP contribution in [0, 0.1) is 17.0 Å². The summed E-state index contributed by atoms with van der Waals surface area (Å²) in [5.74, 6) is 0.490. The summed E-state index contributed by atoms with van der Waals surface area (Å²) in [5, 5.41) is 16.7. The highest BCUT2D eigenvalue weighted by molar-refractivity contribution is 5.83. The molecule has 0 bridgehead atoms. The molecule has 0 N–H and O–H groups in total. The van der Waals surface area contributed by atoms with Gasteiger partial charge in [0.05, 0.1) is 35.3 Å². The van der Waals surface area contributed by atoms with Gasteiger partial charge in [-0.25, -0.2) is 9.78 Å². The maximum atomic E-state index is 13.7. The number of aromatic nitrogens is 2. The summed E-state index contributed by atoms with van der Waals surface area (Å²) in [4.78, 5) is 41.8. The van der Waals surface area contributed by atoms with Crippen molar-refractivity contribution in [3.05, 3.63) is 91.8 Å². The molecule has 0 aliphatic heterocycles. The number of nitro benzene ring substituents is 1. The number of esters is 1. The third-order valence-electron chi connectivity index (χ3n) is 6.70. The van der Waals surface area contributed by atoms with E-state index in [4.69, 9.17) is 19.2 Å². The highest BCUT2D eigenvalue weighted by atomic mass is 16.6. The number of carbonyl (C=O) groups is 1. The molecule has 0 saturated carbocycles. The topological polar surface area (TPSA) is 135 Å². The van der Waals surface area contributed by atoms with Crippen LogP contribution >= 0.6 is 0 Å². The minimum Gasteiger partial charge on any atom is -0.494 e. The monoisotopic (exact) mass is 586 g/mol. The zero-order valence-electron chi connectivity index (χ0n) is 25.0. The van der Waals surface area contributed by atoms with E-state index in [1.807, 2.05) is 32.0 Å². The summed E-state index contributed by atoms with van der Waals surface area (Å²) in [7, 11) is 0. The first kappa shape index (κ1) is 30.9. The molecule has 0 aliphatic carbocycles. The summed E-state index contributed by atoms with van der Waals surface area (Å²) >= 11 is 0. The fourth-order valence-electron chi connectivity index (χ4n) is 4.56. The Balaban J connectivity index is 1.84. The van der Waals surface area contributed by atoms with E-state index in [2.05, 4.69) is 18.9 Å². The molecule has 0 saturated heterocycles. The van der Waals surface area contributed by atoms with Crippen LogP contribution in [0.3, 0.4) is 0 Å². The Morgan fingerprint density at radius 2 is 1.81 bits per heavy atom. The number of hydrogen-bond acceptors (Lipinski definition) is 9. The first-order chi connectivity index (χ1) is 20.5. The van der Waals surface area contributed by atoms with Crippen LogP contribution in [0.4, 0.5) is 5.69 Å². The van der Waals surface area contributed by atoms with Crippen molar-refractivity contribution in [1.29, 1.82) is 0 Å². The Bertz CT molecular complexity index is 1760. The molecule has 1 heterocycles. The van der Waals surface area contributed by atoms with Crippen molar-refractivity contribution < 1.29 is 23.9 Å². The summed E-state index contributed by atoms with van der Waals surface area (Å²) in [6.45, 7) is 11.7. The zero-order valence-corrected chi connectivity index (χ0v) is 25.0. The Kier molecular flexibility index (Phi) is 9.54. The molecule has 43 heavy (non-hydrogen) atoms. The number of para-hydroxylation sites is 1. The highest BCUT2D eigenvalue weighted by Crippen LogP contribution is 2.34. The van der Waals surface area contributed by atoms with E-state index in [-0.39, 0.29) is 24.0 Å². The number of fused-ring (bicyclic) bond motifs is 1. The maximum absolute atomic E-state index is 13.7. The highest BCUT2D eigenvalue weighted by Gasteiger charge is 2.23. The van der Waals surface area contributed by atoms with E-state index in [1.165, 1.54) is 29.9 Å². The van der Waals surface area contributed by atoms with Gasteiger partial charge in [-0.1, -0.05) is 26.0 Å². The third-order valence-corrected chi connectivity index (χ3v) is 6.70. The van der Waals surface area contributed by atoms with Gasteiger partial charge in [-0.2, -0.15) is 9.78 Å². The first-order valence-electron chi connectivity index (χ1n) is 14.0. The van der Waals surface area contributed by atoms with Gasteiger partial charge in [0.15, 0.2) is 17.7 Å². The molecule has 11 heteroatoms. The number of ether oxygens (including phenoxy) is 3. The predicted octanol–water partition coefficient (Wildman–Crippen LogP) is 6.01. The van der Waals surface area contributed by atoms with E-state index in [0.29, 0.717) is 34.5 Å². The van der Waals surface area contributed by atoms with Gasteiger partial charge in [0.25, 0.3) is 5.56 Å². The van der Waals surface area contributed by atoms with Crippen molar-refractivity contribution in [2.75, 3.05) is 13.2 Å². The van der Waals surface area contributed by atoms with E-state index in [0.717, 1.165) is 16.9 Å². The van der Waals surface area contributed by atoms with Crippen LogP contribution in [0.5, 0.6) is 11.5 Å². The Morgan fingerprint density at radius 1 is 1.07 bits per heavy atom. The molecule has 0 radical (unpaired) electrons. The van der Waals surface area contributed by atoms with Gasteiger partial charge in [0.1, 0.15) is 5.75 Å². The lowest BCUT2D eigenvalue weighted by Crippen LogP contribution is -2.26. The molecule has 11 nitrogen and oxygen atoms in total. The van der Waals surface area contributed by atoms with E-state index < -0.39 is 22.6 Å². The molecule has 0 amide bonds. The van der Waals surface area contributed by atoms with Crippen molar-refractivity contribution in [1.82, 2.24) is 9.66 Å². The van der Waals surface area contributed by atoms with E-state index in [1.54, 1.807) is 31.2 Å². The summed E-state index contributed by atoms with van der Waals surface area (Å²) in [5.41, 5.74) is 2.59. The molecule has 0 spiro atoms. The summed E-state index contributed by atoms with van der Waals surface area (Å²) < 4.78 is 17.5. The molecule has 4 rings (SSSR count). The second kappa shape index (κ2) is 13.3. The van der Waals surface area contributed by atoms with Crippen LogP contribution < -0.4 is 15.0 Å². The van der Waals surface area contributed by atoms with Crippen molar-refractivity contribution in [3.8, 4) is 22.9 Å². The summed E-state index contributed by atoms with van der Waals surface area (Å²) in [6, 6.07) is 15.1. The third kappa shape index (κ3) is 6.72. The molecule has 1 atom stereocenters. The normalized spacial score (nSPS) is 12.1. The quantitative estimate of drug-likeness (QED) is 0.0902. The predicted molar refractivity (Wildman–Crippen MR) is 164 cm³/mol. The number of aryl methyl sites for hydroxylation is 1. The van der Waals surface area contributed by atoms with Crippen LogP contribution in [0.15, 0.2) is 64.5 Å². The van der Waals surface area contributed by atoms with Crippen LogP contribution in [0.1, 0.15) is 57.2 Å². The van der Waals surface area contributed by atoms with Gasteiger partial charge in [-0.05, 0) is 81.1 Å². The van der Waals surface area contributed by atoms with Gasteiger partial charge in [0.2, 0.25) is 0 Å². The average Bonchev–Trinajstić information content (AvgIpc) is 2.97. The molecule has 4 aromatic rings. The minimum absolute atomic E-state index is 0.0980. The smallest absolute Gasteiger partial charge is 0.347 e. The van der Waals surface area contributed by atoms with Crippen LogP contribution in [-0.4, -0.2) is 46.1 Å². The molecule has 0 unspecified atom stereocenters. The molecule has 224 valence electrons. The Hall–Kier alpha value is -5.06. The van der Waals surface area contributed by atoms with Gasteiger partial charge in [-0.3, -0.25) is 14.9 Å². The number of hydrogen-bond donors (Lipinski definition) is 0. The van der Waals surface area contributed by atoms with Crippen LogP contribution in [0.2, 0.25) is 0 Å². The largest absolute Gasteiger partial charge is 0.494 e. The lowest BCUT2D eigenvalue weighted by atomic mass is 9.96. The minimum atomic E-state index is -1.05. The number of nitrogens with zero attached hydrogens (tertiary/aromatic N) is 4. The van der Waals surface area contributed by atoms with Crippen molar-refractivity contribution >= 4 is 28.8 Å². The number of nitro groups is 1. The van der Waals surface area contributed by atoms with Crippen LogP contribution in [-0.2, 0) is 9.53 Å². The zero-order chi connectivity index (χ0) is 31.3. The van der Waals surface area contributed by atoms with E-state index in [9.17, 15) is 19.7 Å². The molecule has 3 aromatic carbocycles. The number of carbonyl (C=O) groups excluding carboxylic acids is 1.